The summed E-state index contributed by atoms with van der Waals surface area (Å²) in [5.41, 5.74) is -0.269. The van der Waals surface area contributed by atoms with E-state index in [1.54, 1.807) is 24.3 Å². The molecule has 0 bridgehead atoms. The number of para-hydroxylation sites is 1. The van der Waals surface area contributed by atoms with Crippen molar-refractivity contribution >= 4 is 33.9 Å². The normalized spacial score (nSPS) is 10.8. The van der Waals surface area contributed by atoms with Crippen LogP contribution in [-0.2, 0) is 0 Å². The van der Waals surface area contributed by atoms with Crippen molar-refractivity contribution in [3.8, 4) is 0 Å². The first-order valence-corrected chi connectivity index (χ1v) is 6.16. The van der Waals surface area contributed by atoms with Gasteiger partial charge < -0.3 is 5.32 Å². The Bertz CT molecular complexity index is 772. The molecule has 0 spiro atoms. The molecule has 1 heterocycles. The lowest BCUT2D eigenvalue weighted by molar-refractivity contribution is 0.590. The van der Waals surface area contributed by atoms with Crippen LogP contribution in [0.25, 0.3) is 10.8 Å². The van der Waals surface area contributed by atoms with Gasteiger partial charge in [-0.2, -0.15) is 0 Å². The van der Waals surface area contributed by atoms with Crippen molar-refractivity contribution in [2.45, 2.75) is 0 Å². The lowest BCUT2D eigenvalue weighted by atomic mass is 10.2. The van der Waals surface area contributed by atoms with Gasteiger partial charge in [-0.1, -0.05) is 41.9 Å². The maximum absolute atomic E-state index is 13.6. The zero-order chi connectivity index (χ0) is 14.1. The summed E-state index contributed by atoms with van der Waals surface area (Å²) in [6, 6.07) is 10.7. The minimum Gasteiger partial charge on any atom is -0.333 e. The minimum atomic E-state index is -0.703. The number of halogens is 3. The van der Waals surface area contributed by atoms with Gasteiger partial charge in [-0.25, -0.2) is 8.78 Å². The number of nitrogens with one attached hydrogen (secondary N) is 1. The fourth-order valence-electron chi connectivity index (χ4n) is 1.90. The van der Waals surface area contributed by atoms with E-state index in [2.05, 4.69) is 15.5 Å². The zero-order valence-corrected chi connectivity index (χ0v) is 10.8. The van der Waals surface area contributed by atoms with E-state index in [0.29, 0.717) is 10.8 Å². The molecule has 20 heavy (non-hydrogen) atoms. The van der Waals surface area contributed by atoms with Gasteiger partial charge in [0.25, 0.3) is 0 Å². The van der Waals surface area contributed by atoms with Crippen LogP contribution in [0.15, 0.2) is 42.5 Å². The molecule has 0 aliphatic heterocycles. The molecule has 0 saturated heterocycles. The van der Waals surface area contributed by atoms with E-state index < -0.39 is 11.6 Å². The van der Waals surface area contributed by atoms with E-state index in [1.165, 1.54) is 6.07 Å². The first-order valence-electron chi connectivity index (χ1n) is 5.79. The Morgan fingerprint density at radius 2 is 1.50 bits per heavy atom. The van der Waals surface area contributed by atoms with E-state index in [0.717, 1.165) is 12.1 Å². The highest BCUT2D eigenvalue weighted by atomic mass is 35.5. The highest BCUT2D eigenvalue weighted by Gasteiger charge is 2.12. The fraction of sp³-hybridized carbons (Fsp3) is 0. The topological polar surface area (TPSA) is 37.8 Å². The Kier molecular flexibility index (Phi) is 3.20. The number of aromatic nitrogens is 2. The smallest absolute Gasteiger partial charge is 0.161 e. The average Bonchev–Trinajstić information content (AvgIpc) is 2.46. The Morgan fingerprint density at radius 3 is 2.20 bits per heavy atom. The first-order chi connectivity index (χ1) is 9.66. The second kappa shape index (κ2) is 5.02. The zero-order valence-electron chi connectivity index (χ0n) is 10.1. The molecule has 1 N–H and O–H groups in total. The maximum atomic E-state index is 13.6. The molecule has 100 valence electrons. The number of hydrogen-bond donors (Lipinski definition) is 1. The third-order valence-corrected chi connectivity index (χ3v) is 3.13. The summed E-state index contributed by atoms with van der Waals surface area (Å²) in [6.07, 6.45) is 0. The third-order valence-electron chi connectivity index (χ3n) is 2.85. The van der Waals surface area contributed by atoms with Crippen LogP contribution in [0.5, 0.6) is 0 Å². The quantitative estimate of drug-likeness (QED) is 0.765. The molecule has 3 nitrogen and oxygen atoms in total. The molecule has 0 aliphatic rings. The Hall–Kier alpha value is -2.27. The lowest BCUT2D eigenvalue weighted by Crippen LogP contribution is -2.01. The standard InChI is InChI=1S/C14H8ClF2N3/c15-13-8-4-1-2-5-9(8)14(20-19-13)18-12-10(16)6-3-7-11(12)17/h1-7H,(H,18,20). The number of benzene rings is 2. The van der Waals surface area contributed by atoms with Gasteiger partial charge in [-0.15, -0.1) is 10.2 Å². The van der Waals surface area contributed by atoms with E-state index >= 15 is 0 Å². The molecule has 3 aromatic rings. The van der Waals surface area contributed by atoms with Crippen molar-refractivity contribution in [3.05, 3.63) is 59.3 Å². The van der Waals surface area contributed by atoms with Crippen molar-refractivity contribution in [1.82, 2.24) is 10.2 Å². The van der Waals surface area contributed by atoms with Crippen LogP contribution >= 0.6 is 11.6 Å². The third kappa shape index (κ3) is 2.16. The van der Waals surface area contributed by atoms with Crippen LogP contribution in [0.3, 0.4) is 0 Å². The van der Waals surface area contributed by atoms with E-state index in [9.17, 15) is 8.78 Å². The van der Waals surface area contributed by atoms with Gasteiger partial charge in [-0.05, 0) is 12.1 Å². The maximum Gasteiger partial charge on any atom is 0.161 e. The molecule has 0 saturated carbocycles. The molecule has 0 atom stereocenters. The van der Waals surface area contributed by atoms with Gasteiger partial charge in [0.05, 0.1) is 0 Å². The summed E-state index contributed by atoms with van der Waals surface area (Å²) in [5.74, 6) is -1.16. The molecule has 0 aliphatic carbocycles. The number of hydrogen-bond acceptors (Lipinski definition) is 3. The summed E-state index contributed by atoms with van der Waals surface area (Å²) in [7, 11) is 0. The lowest BCUT2D eigenvalue weighted by Gasteiger charge is -2.10. The Morgan fingerprint density at radius 1 is 0.850 bits per heavy atom. The van der Waals surface area contributed by atoms with Crippen molar-refractivity contribution in [2.75, 3.05) is 5.32 Å². The van der Waals surface area contributed by atoms with Gasteiger partial charge in [0.1, 0.15) is 17.3 Å². The summed E-state index contributed by atoms with van der Waals surface area (Å²) >= 11 is 5.95. The molecular weight excluding hydrogens is 284 g/mol. The number of fused-ring (bicyclic) bond motifs is 1. The van der Waals surface area contributed by atoms with Crippen molar-refractivity contribution in [2.24, 2.45) is 0 Å². The summed E-state index contributed by atoms with van der Waals surface area (Å²) in [6.45, 7) is 0. The number of rotatable bonds is 2. The van der Waals surface area contributed by atoms with E-state index in [4.69, 9.17) is 11.6 Å². The molecule has 0 amide bonds. The van der Waals surface area contributed by atoms with Crippen molar-refractivity contribution in [3.63, 3.8) is 0 Å². The van der Waals surface area contributed by atoms with Gasteiger partial charge >= 0.3 is 0 Å². The van der Waals surface area contributed by atoms with Gasteiger partial charge in [0, 0.05) is 10.8 Å². The predicted octanol–water partition coefficient (Wildman–Crippen LogP) is 4.31. The molecule has 2 aromatic carbocycles. The summed E-state index contributed by atoms with van der Waals surface area (Å²) in [5, 5.41) is 11.8. The number of nitrogens with zero attached hydrogens (tertiary/aromatic N) is 2. The van der Waals surface area contributed by atoms with Gasteiger partial charge in [-0.3, -0.25) is 0 Å². The predicted molar refractivity (Wildman–Crippen MR) is 74.2 cm³/mol. The molecule has 3 rings (SSSR count). The summed E-state index contributed by atoms with van der Waals surface area (Å²) in [4.78, 5) is 0. The minimum absolute atomic E-state index is 0.236. The highest BCUT2D eigenvalue weighted by Crippen LogP contribution is 2.29. The van der Waals surface area contributed by atoms with E-state index in [1.807, 2.05) is 0 Å². The number of anilines is 2. The molecular formula is C14H8ClF2N3. The monoisotopic (exact) mass is 291 g/mol. The van der Waals surface area contributed by atoms with Crippen LogP contribution in [0.2, 0.25) is 5.15 Å². The van der Waals surface area contributed by atoms with Gasteiger partial charge in [0.2, 0.25) is 0 Å². The SMILES string of the molecule is Fc1cccc(F)c1Nc1nnc(Cl)c2ccccc12. The average molecular weight is 292 g/mol. The first kappa shape index (κ1) is 12.7. The van der Waals surface area contributed by atoms with Crippen LogP contribution in [-0.4, -0.2) is 10.2 Å². The van der Waals surface area contributed by atoms with Crippen LogP contribution in [0.4, 0.5) is 20.3 Å². The Balaban J connectivity index is 2.14. The molecule has 1 aromatic heterocycles. The van der Waals surface area contributed by atoms with Gasteiger partial charge in [0.15, 0.2) is 11.0 Å². The van der Waals surface area contributed by atoms with Crippen LogP contribution < -0.4 is 5.32 Å². The second-order valence-corrected chi connectivity index (χ2v) is 4.46. The van der Waals surface area contributed by atoms with Crippen LogP contribution in [0, 0.1) is 11.6 Å². The van der Waals surface area contributed by atoms with Crippen LogP contribution in [0.1, 0.15) is 0 Å². The van der Waals surface area contributed by atoms with E-state index in [-0.39, 0.29) is 16.7 Å². The molecule has 6 heteroatoms. The summed E-state index contributed by atoms with van der Waals surface area (Å²) < 4.78 is 27.3. The largest absolute Gasteiger partial charge is 0.333 e. The second-order valence-electron chi connectivity index (χ2n) is 4.11. The van der Waals surface area contributed by atoms with Crippen molar-refractivity contribution < 1.29 is 8.78 Å². The molecule has 0 unspecified atom stereocenters. The Labute approximate surface area is 118 Å². The van der Waals surface area contributed by atoms with Crippen molar-refractivity contribution in [1.29, 1.82) is 0 Å². The highest BCUT2D eigenvalue weighted by molar-refractivity contribution is 6.34. The fourth-order valence-corrected chi connectivity index (χ4v) is 2.10. The molecule has 0 fully saturated rings. The molecule has 0 radical (unpaired) electrons.